The molecule has 1 heterocycles. The number of hydrogen-bond acceptors (Lipinski definition) is 12. The molecule has 0 bridgehead atoms. The van der Waals surface area contributed by atoms with Crippen LogP contribution < -0.4 is 5.32 Å². The van der Waals surface area contributed by atoms with Gasteiger partial charge in [0.1, 0.15) is 18.4 Å². The fourth-order valence-corrected chi connectivity index (χ4v) is 3.25. The Balaban J connectivity index is 2.51. The van der Waals surface area contributed by atoms with Gasteiger partial charge in [-0.3, -0.25) is 29.3 Å². The number of anilines is 1. The topological polar surface area (TPSA) is 170 Å². The van der Waals surface area contributed by atoms with Gasteiger partial charge < -0.3 is 29.0 Å². The van der Waals surface area contributed by atoms with E-state index in [1.807, 2.05) is 0 Å². The van der Waals surface area contributed by atoms with Gasteiger partial charge in [0.15, 0.2) is 24.5 Å². The average Bonchev–Trinajstić information content (AvgIpc) is 2.70. The summed E-state index contributed by atoms with van der Waals surface area (Å²) in [7, 11) is 0. The Kier molecular flexibility index (Phi) is 8.68. The number of benzene rings is 1. The largest absolute Gasteiger partial charge is 0.463 e. The maximum atomic E-state index is 11.8. The van der Waals surface area contributed by atoms with Crippen LogP contribution in [0.15, 0.2) is 24.3 Å². The van der Waals surface area contributed by atoms with Crippen molar-refractivity contribution in [3.8, 4) is 0 Å². The number of para-hydroxylation sites is 2. The molecule has 33 heavy (non-hydrogen) atoms. The Hall–Kier alpha value is -3.74. The molecule has 1 aliphatic rings. The normalized spacial score (nSPS) is 24.2. The summed E-state index contributed by atoms with van der Waals surface area (Å²) in [6.07, 6.45) is -6.58. The molecule has 1 saturated heterocycles. The first-order chi connectivity index (χ1) is 15.5. The number of rotatable bonds is 8. The summed E-state index contributed by atoms with van der Waals surface area (Å²) < 4.78 is 26.7. The number of carbonyl (C=O) groups is 4. The molecule has 13 heteroatoms. The maximum Gasteiger partial charge on any atom is 0.303 e. The molecule has 0 unspecified atom stereocenters. The Bertz CT molecular complexity index is 919. The van der Waals surface area contributed by atoms with Crippen LogP contribution in [0.1, 0.15) is 27.7 Å². The highest BCUT2D eigenvalue weighted by molar-refractivity contribution is 5.69. The zero-order valence-corrected chi connectivity index (χ0v) is 18.3. The highest BCUT2D eigenvalue weighted by Crippen LogP contribution is 2.32. The smallest absolute Gasteiger partial charge is 0.303 e. The van der Waals surface area contributed by atoms with Gasteiger partial charge >= 0.3 is 23.9 Å². The van der Waals surface area contributed by atoms with E-state index in [-0.39, 0.29) is 11.4 Å². The Morgan fingerprint density at radius 3 is 2.00 bits per heavy atom. The molecule has 0 radical (unpaired) electrons. The van der Waals surface area contributed by atoms with E-state index < -0.39 is 66.1 Å². The van der Waals surface area contributed by atoms with Gasteiger partial charge in [0.25, 0.3) is 5.69 Å². The van der Waals surface area contributed by atoms with Gasteiger partial charge in [-0.2, -0.15) is 0 Å². The minimum Gasteiger partial charge on any atom is -0.463 e. The first-order valence-electron chi connectivity index (χ1n) is 9.80. The van der Waals surface area contributed by atoms with Gasteiger partial charge in [-0.25, -0.2) is 0 Å². The van der Waals surface area contributed by atoms with E-state index in [4.69, 9.17) is 23.7 Å². The third-order valence-corrected chi connectivity index (χ3v) is 4.39. The molecule has 0 spiro atoms. The third kappa shape index (κ3) is 7.14. The van der Waals surface area contributed by atoms with E-state index in [0.29, 0.717) is 0 Å². The highest BCUT2D eigenvalue weighted by Gasteiger charge is 2.52. The minimum atomic E-state index is -1.39. The average molecular weight is 468 g/mol. The van der Waals surface area contributed by atoms with E-state index in [9.17, 15) is 29.3 Å². The fraction of sp³-hybridized carbons (Fsp3) is 0.500. The van der Waals surface area contributed by atoms with Crippen LogP contribution in [0.5, 0.6) is 0 Å². The molecule has 1 aliphatic heterocycles. The first-order valence-corrected chi connectivity index (χ1v) is 9.80. The molecule has 1 N–H and O–H groups in total. The Morgan fingerprint density at radius 2 is 1.45 bits per heavy atom. The SMILES string of the molecule is CC(=O)OC[C@H]1O[C@@H](Nc2ccccc2[N+](=O)[O-])[C@H](OC(C)=O)[C@@H](OC(C)=O)[C@@H]1OC(C)=O. The maximum absolute atomic E-state index is 11.8. The second kappa shape index (κ2) is 11.2. The summed E-state index contributed by atoms with van der Waals surface area (Å²) in [5.41, 5.74) is -0.284. The Labute approximate surface area is 188 Å². The van der Waals surface area contributed by atoms with Gasteiger partial charge in [0, 0.05) is 33.8 Å². The van der Waals surface area contributed by atoms with Gasteiger partial charge in [0.2, 0.25) is 0 Å². The van der Waals surface area contributed by atoms with Crippen LogP contribution in [-0.4, -0.2) is 66.1 Å². The van der Waals surface area contributed by atoms with Gasteiger partial charge in [0.05, 0.1) is 4.92 Å². The summed E-state index contributed by atoms with van der Waals surface area (Å²) in [6.45, 7) is 4.03. The van der Waals surface area contributed by atoms with E-state index >= 15 is 0 Å². The highest BCUT2D eigenvalue weighted by atomic mass is 16.7. The van der Waals surface area contributed by atoms with Crippen LogP contribution >= 0.6 is 0 Å². The van der Waals surface area contributed by atoms with Crippen LogP contribution in [-0.2, 0) is 42.9 Å². The fourth-order valence-electron chi connectivity index (χ4n) is 3.25. The number of esters is 4. The van der Waals surface area contributed by atoms with E-state index in [1.54, 1.807) is 0 Å². The molecule has 0 amide bonds. The molecule has 1 aromatic rings. The van der Waals surface area contributed by atoms with Crippen LogP contribution in [0.25, 0.3) is 0 Å². The zero-order chi connectivity index (χ0) is 24.7. The molecule has 5 atom stereocenters. The van der Waals surface area contributed by atoms with Crippen molar-refractivity contribution in [2.45, 2.75) is 58.3 Å². The number of ether oxygens (including phenoxy) is 5. The van der Waals surface area contributed by atoms with Crippen molar-refractivity contribution in [2.24, 2.45) is 0 Å². The lowest BCUT2D eigenvalue weighted by molar-refractivity contribution is -0.384. The number of hydrogen-bond donors (Lipinski definition) is 1. The van der Waals surface area contributed by atoms with Crippen LogP contribution in [0.4, 0.5) is 11.4 Å². The number of nitro benzene ring substituents is 1. The molecule has 1 aromatic carbocycles. The number of carbonyl (C=O) groups excluding carboxylic acids is 4. The van der Waals surface area contributed by atoms with Crippen molar-refractivity contribution in [1.29, 1.82) is 0 Å². The summed E-state index contributed by atoms with van der Waals surface area (Å²) in [6, 6.07) is 5.62. The van der Waals surface area contributed by atoms with Gasteiger partial charge in [-0.05, 0) is 6.07 Å². The van der Waals surface area contributed by atoms with Crippen molar-refractivity contribution < 1.29 is 47.8 Å². The number of nitrogens with zero attached hydrogens (tertiary/aromatic N) is 1. The van der Waals surface area contributed by atoms with Gasteiger partial charge in [-0.15, -0.1) is 0 Å². The molecule has 0 aliphatic carbocycles. The van der Waals surface area contributed by atoms with Crippen molar-refractivity contribution in [3.05, 3.63) is 34.4 Å². The lowest BCUT2D eigenvalue weighted by atomic mass is 9.97. The predicted octanol–water partition coefficient (Wildman–Crippen LogP) is 1.09. The molecular formula is C20H24N2O11. The molecule has 0 saturated carbocycles. The van der Waals surface area contributed by atoms with Crippen molar-refractivity contribution in [2.75, 3.05) is 11.9 Å². The lowest BCUT2D eigenvalue weighted by Crippen LogP contribution is -2.64. The quantitative estimate of drug-likeness (QED) is 0.250. The Morgan fingerprint density at radius 1 is 0.909 bits per heavy atom. The van der Waals surface area contributed by atoms with Crippen LogP contribution in [0.2, 0.25) is 0 Å². The van der Waals surface area contributed by atoms with Gasteiger partial charge in [-0.1, -0.05) is 12.1 Å². The monoisotopic (exact) mass is 468 g/mol. The number of nitrogens with one attached hydrogen (secondary N) is 1. The van der Waals surface area contributed by atoms with E-state index in [0.717, 1.165) is 27.7 Å². The third-order valence-electron chi connectivity index (χ3n) is 4.39. The predicted molar refractivity (Wildman–Crippen MR) is 109 cm³/mol. The van der Waals surface area contributed by atoms with Crippen molar-refractivity contribution in [3.63, 3.8) is 0 Å². The van der Waals surface area contributed by atoms with Crippen molar-refractivity contribution in [1.82, 2.24) is 0 Å². The summed E-state index contributed by atoms with van der Waals surface area (Å²) in [4.78, 5) is 57.5. The lowest BCUT2D eigenvalue weighted by Gasteiger charge is -2.44. The van der Waals surface area contributed by atoms with Crippen LogP contribution in [0.3, 0.4) is 0 Å². The van der Waals surface area contributed by atoms with Crippen molar-refractivity contribution >= 4 is 35.3 Å². The molecule has 0 aromatic heterocycles. The van der Waals surface area contributed by atoms with E-state index in [2.05, 4.69) is 5.32 Å². The standard InChI is InChI=1S/C20H24N2O11/c1-10(23)29-9-16-17(30-11(2)24)18(31-12(3)25)19(32-13(4)26)20(33-16)21-14-7-5-6-8-15(14)22(27)28/h5-8,16-21H,9H2,1-4H3/t16-,17-,18+,19-,20-/m1/s1. The summed E-state index contributed by atoms with van der Waals surface area (Å²) >= 11 is 0. The molecular weight excluding hydrogens is 444 g/mol. The minimum absolute atomic E-state index is 0.0170. The molecule has 2 rings (SSSR count). The van der Waals surface area contributed by atoms with Crippen LogP contribution in [0, 0.1) is 10.1 Å². The second-order valence-electron chi connectivity index (χ2n) is 7.04. The van der Waals surface area contributed by atoms with E-state index in [1.165, 1.54) is 24.3 Å². The molecule has 1 fully saturated rings. The number of nitro groups is 1. The zero-order valence-electron chi connectivity index (χ0n) is 18.3. The summed E-state index contributed by atoms with van der Waals surface area (Å²) in [5, 5.41) is 14.2. The molecule has 13 nitrogen and oxygen atoms in total. The summed E-state index contributed by atoms with van der Waals surface area (Å²) in [5.74, 6) is -2.99. The first kappa shape index (κ1) is 25.5. The second-order valence-corrected chi connectivity index (χ2v) is 7.04. The molecule has 180 valence electrons.